The minimum Gasteiger partial charge on any atom is -0.490 e. The summed E-state index contributed by atoms with van der Waals surface area (Å²) >= 11 is 0. The lowest BCUT2D eigenvalue weighted by molar-refractivity contribution is 0.0715. The van der Waals surface area contributed by atoms with Crippen LogP contribution in [0.3, 0.4) is 0 Å². The van der Waals surface area contributed by atoms with E-state index in [1.54, 1.807) is 11.9 Å². The number of aliphatic hydroxyl groups is 1. The van der Waals surface area contributed by atoms with Crippen LogP contribution in [0.15, 0.2) is 24.3 Å². The number of aromatic nitrogens is 1. The Balaban J connectivity index is 1.28. The fourth-order valence-corrected chi connectivity index (χ4v) is 4.69. The summed E-state index contributed by atoms with van der Waals surface area (Å²) in [6.07, 6.45) is 2.00. The number of carbonyl (C=O) groups excluding carboxylic acids is 1. The highest BCUT2D eigenvalue weighted by Crippen LogP contribution is 2.35. The number of hydrogen-bond donors (Lipinski definition) is 1. The maximum Gasteiger partial charge on any atom is 0.256 e. The quantitative estimate of drug-likeness (QED) is 0.837. The van der Waals surface area contributed by atoms with Gasteiger partial charge in [-0.3, -0.25) is 4.79 Å². The highest BCUT2D eigenvalue weighted by molar-refractivity contribution is 5.99. The Hall–Kier alpha value is -2.64. The summed E-state index contributed by atoms with van der Waals surface area (Å²) in [5, 5.41) is 9.73. The van der Waals surface area contributed by atoms with Crippen molar-refractivity contribution in [3.63, 3.8) is 0 Å². The van der Waals surface area contributed by atoms with Gasteiger partial charge in [0.05, 0.1) is 37.1 Å². The van der Waals surface area contributed by atoms with Crippen molar-refractivity contribution in [2.75, 3.05) is 31.6 Å². The van der Waals surface area contributed by atoms with E-state index in [1.807, 2.05) is 19.1 Å². The van der Waals surface area contributed by atoms with E-state index in [9.17, 15) is 9.90 Å². The lowest BCUT2D eigenvalue weighted by Crippen LogP contribution is -2.39. The van der Waals surface area contributed by atoms with Crippen LogP contribution < -0.4 is 9.64 Å². The van der Waals surface area contributed by atoms with E-state index in [-0.39, 0.29) is 24.7 Å². The van der Waals surface area contributed by atoms with Gasteiger partial charge in [0.2, 0.25) is 0 Å². The Kier molecular flexibility index (Phi) is 4.87. The number of amides is 1. The molecule has 0 aliphatic carbocycles. The molecular formula is C23H27N3O4. The van der Waals surface area contributed by atoms with Crippen LogP contribution in [0.25, 0.3) is 0 Å². The minimum absolute atomic E-state index is 0.0712. The second-order valence-corrected chi connectivity index (χ2v) is 8.40. The second kappa shape index (κ2) is 7.56. The van der Waals surface area contributed by atoms with E-state index in [0.717, 1.165) is 43.1 Å². The molecule has 0 saturated carbocycles. The van der Waals surface area contributed by atoms with Gasteiger partial charge in [0.25, 0.3) is 5.91 Å². The maximum absolute atomic E-state index is 12.4. The van der Waals surface area contributed by atoms with Crippen LogP contribution in [-0.2, 0) is 18.0 Å². The predicted molar refractivity (Wildman–Crippen MR) is 112 cm³/mol. The van der Waals surface area contributed by atoms with Gasteiger partial charge in [0.1, 0.15) is 17.7 Å². The third kappa shape index (κ3) is 3.22. The number of pyridine rings is 1. The van der Waals surface area contributed by atoms with E-state index in [2.05, 4.69) is 17.0 Å². The molecule has 1 aromatic heterocycles. The Morgan fingerprint density at radius 3 is 2.73 bits per heavy atom. The third-order valence-electron chi connectivity index (χ3n) is 6.46. The standard InChI is InChI=1S/C23H27N3O4/c1-14-9-19-21(20(11-27)25(2)23(19)28)24-22(14)26-7-5-17(6-8-26)30-18-4-3-15-12-29-13-16(15)10-18/h3-4,9-10,17,20,27H,5-8,11-13H2,1-2H3/t20-/m1/s1. The molecule has 4 heterocycles. The van der Waals surface area contributed by atoms with E-state index < -0.39 is 0 Å². The van der Waals surface area contributed by atoms with Crippen LogP contribution in [-0.4, -0.2) is 53.7 Å². The highest BCUT2D eigenvalue weighted by Gasteiger charge is 2.36. The summed E-state index contributed by atoms with van der Waals surface area (Å²) in [4.78, 5) is 21.1. The molecule has 0 radical (unpaired) electrons. The zero-order valence-electron chi connectivity index (χ0n) is 17.4. The minimum atomic E-state index is -0.364. The number of aryl methyl sites for hydroxylation is 1. The van der Waals surface area contributed by atoms with Crippen molar-refractivity contribution in [1.29, 1.82) is 0 Å². The van der Waals surface area contributed by atoms with Crippen molar-refractivity contribution < 1.29 is 19.4 Å². The molecule has 3 aliphatic rings. The molecule has 1 aromatic carbocycles. The van der Waals surface area contributed by atoms with Crippen LogP contribution in [0.5, 0.6) is 5.75 Å². The Labute approximate surface area is 176 Å². The zero-order valence-corrected chi connectivity index (χ0v) is 17.4. The topological polar surface area (TPSA) is 75.1 Å². The molecule has 7 nitrogen and oxygen atoms in total. The molecule has 30 heavy (non-hydrogen) atoms. The molecule has 3 aliphatic heterocycles. The summed E-state index contributed by atoms with van der Waals surface area (Å²) in [6, 6.07) is 7.79. The van der Waals surface area contributed by atoms with Crippen LogP contribution in [0.1, 0.15) is 51.6 Å². The number of fused-ring (bicyclic) bond motifs is 2. The summed E-state index contributed by atoms with van der Waals surface area (Å²) in [5.41, 5.74) is 4.76. The van der Waals surface area contributed by atoms with E-state index in [0.29, 0.717) is 24.5 Å². The van der Waals surface area contributed by atoms with E-state index >= 15 is 0 Å². The molecule has 7 heteroatoms. The fourth-order valence-electron chi connectivity index (χ4n) is 4.69. The molecule has 0 spiro atoms. The molecule has 1 saturated heterocycles. The first kappa shape index (κ1) is 19.3. The van der Waals surface area contributed by atoms with Gasteiger partial charge in [-0.1, -0.05) is 6.07 Å². The van der Waals surface area contributed by atoms with Gasteiger partial charge in [-0.05, 0) is 41.8 Å². The number of rotatable bonds is 4. The Morgan fingerprint density at radius 1 is 1.20 bits per heavy atom. The first-order valence-electron chi connectivity index (χ1n) is 10.6. The molecule has 1 fully saturated rings. The van der Waals surface area contributed by atoms with Gasteiger partial charge in [0, 0.05) is 33.0 Å². The van der Waals surface area contributed by atoms with Crippen LogP contribution in [0.4, 0.5) is 5.82 Å². The van der Waals surface area contributed by atoms with Gasteiger partial charge in [0.15, 0.2) is 0 Å². The number of carbonyl (C=O) groups is 1. The molecule has 5 rings (SSSR count). The first-order valence-corrected chi connectivity index (χ1v) is 10.6. The second-order valence-electron chi connectivity index (χ2n) is 8.40. The van der Waals surface area contributed by atoms with Crippen molar-refractivity contribution in [2.24, 2.45) is 0 Å². The monoisotopic (exact) mass is 409 g/mol. The summed E-state index contributed by atoms with van der Waals surface area (Å²) in [7, 11) is 1.72. The maximum atomic E-state index is 12.4. The van der Waals surface area contributed by atoms with E-state index in [4.69, 9.17) is 14.5 Å². The molecule has 158 valence electrons. The number of nitrogens with zero attached hydrogens (tertiary/aromatic N) is 3. The van der Waals surface area contributed by atoms with Crippen molar-refractivity contribution >= 4 is 11.7 Å². The number of ether oxygens (including phenoxy) is 2. The fraction of sp³-hybridized carbons (Fsp3) is 0.478. The molecular weight excluding hydrogens is 382 g/mol. The smallest absolute Gasteiger partial charge is 0.256 e. The molecule has 1 N–H and O–H groups in total. The summed E-state index contributed by atoms with van der Waals surface area (Å²) < 4.78 is 11.7. The van der Waals surface area contributed by atoms with Gasteiger partial charge < -0.3 is 24.4 Å². The number of likely N-dealkylation sites (N-methyl/N-ethyl adjacent to an activating group) is 1. The van der Waals surface area contributed by atoms with E-state index in [1.165, 1.54) is 11.1 Å². The van der Waals surface area contributed by atoms with Gasteiger partial charge in [-0.15, -0.1) is 0 Å². The van der Waals surface area contributed by atoms with Crippen molar-refractivity contribution in [1.82, 2.24) is 9.88 Å². The molecule has 0 bridgehead atoms. The molecule has 0 unspecified atom stereocenters. The molecule has 1 amide bonds. The average molecular weight is 409 g/mol. The van der Waals surface area contributed by atoms with Gasteiger partial charge in [-0.2, -0.15) is 0 Å². The lowest BCUT2D eigenvalue weighted by Gasteiger charge is -2.34. The highest BCUT2D eigenvalue weighted by atomic mass is 16.5. The number of benzene rings is 1. The first-order chi connectivity index (χ1) is 14.5. The molecule has 2 aromatic rings. The summed E-state index contributed by atoms with van der Waals surface area (Å²) in [5.74, 6) is 1.75. The van der Waals surface area contributed by atoms with Gasteiger partial charge >= 0.3 is 0 Å². The Bertz CT molecular complexity index is 985. The number of hydrogen-bond acceptors (Lipinski definition) is 6. The lowest BCUT2D eigenvalue weighted by atomic mass is 10.0. The number of aliphatic hydroxyl groups excluding tert-OH is 1. The average Bonchev–Trinajstić information content (AvgIpc) is 3.31. The van der Waals surface area contributed by atoms with Crippen LogP contribution in [0.2, 0.25) is 0 Å². The molecule has 1 atom stereocenters. The van der Waals surface area contributed by atoms with Crippen molar-refractivity contribution in [2.45, 2.75) is 45.1 Å². The van der Waals surface area contributed by atoms with Crippen molar-refractivity contribution in [3.8, 4) is 5.75 Å². The zero-order chi connectivity index (χ0) is 20.8. The largest absolute Gasteiger partial charge is 0.490 e. The van der Waals surface area contributed by atoms with Gasteiger partial charge in [-0.25, -0.2) is 4.98 Å². The number of piperidine rings is 1. The number of anilines is 1. The third-order valence-corrected chi connectivity index (χ3v) is 6.46. The van der Waals surface area contributed by atoms with Crippen LogP contribution in [0, 0.1) is 6.92 Å². The van der Waals surface area contributed by atoms with Crippen molar-refractivity contribution in [3.05, 3.63) is 52.2 Å². The summed E-state index contributed by atoms with van der Waals surface area (Å²) in [6.45, 7) is 4.93. The normalized spacial score (nSPS) is 21.2. The predicted octanol–water partition coefficient (Wildman–Crippen LogP) is 2.59. The SMILES string of the molecule is Cc1cc2c(nc1N1CCC(Oc3ccc4c(c3)COC4)CC1)[C@@H](CO)N(C)C2=O. The van der Waals surface area contributed by atoms with Crippen LogP contribution >= 0.6 is 0 Å². The Morgan fingerprint density at radius 2 is 1.97 bits per heavy atom.